The standard InChI is InChI=1S/C13H19NS/c1-8-5-6-12(9(2)7-8)10(3)11(4)13(14)15/h5-7,10-11H,1-4H3,(H2,14,15). The zero-order valence-corrected chi connectivity index (χ0v) is 10.7. The summed E-state index contributed by atoms with van der Waals surface area (Å²) >= 11 is 5.04. The van der Waals surface area contributed by atoms with Gasteiger partial charge in [-0.1, -0.05) is 49.8 Å². The Bertz CT molecular complexity index is 371. The Morgan fingerprint density at radius 2 is 1.87 bits per heavy atom. The Morgan fingerprint density at radius 1 is 1.27 bits per heavy atom. The van der Waals surface area contributed by atoms with Crippen molar-refractivity contribution in [2.75, 3.05) is 0 Å². The summed E-state index contributed by atoms with van der Waals surface area (Å²) in [4.78, 5) is 0.600. The van der Waals surface area contributed by atoms with Gasteiger partial charge in [-0.3, -0.25) is 0 Å². The first-order chi connectivity index (χ1) is 6.93. The van der Waals surface area contributed by atoms with Crippen LogP contribution in [0.1, 0.15) is 36.5 Å². The fourth-order valence-electron chi connectivity index (χ4n) is 1.85. The van der Waals surface area contributed by atoms with Crippen molar-refractivity contribution in [2.24, 2.45) is 11.7 Å². The molecule has 0 saturated heterocycles. The number of nitrogens with two attached hydrogens (primary N) is 1. The lowest BCUT2D eigenvalue weighted by Crippen LogP contribution is -2.23. The van der Waals surface area contributed by atoms with Gasteiger partial charge >= 0.3 is 0 Å². The molecular weight excluding hydrogens is 202 g/mol. The molecule has 0 amide bonds. The van der Waals surface area contributed by atoms with E-state index in [1.54, 1.807) is 0 Å². The lowest BCUT2D eigenvalue weighted by molar-refractivity contribution is 0.623. The summed E-state index contributed by atoms with van der Waals surface area (Å²) in [6.07, 6.45) is 0. The van der Waals surface area contributed by atoms with Crippen LogP contribution in [0.2, 0.25) is 0 Å². The quantitative estimate of drug-likeness (QED) is 0.792. The van der Waals surface area contributed by atoms with Crippen LogP contribution in [0, 0.1) is 19.8 Å². The van der Waals surface area contributed by atoms with Gasteiger partial charge in [-0.2, -0.15) is 0 Å². The maximum atomic E-state index is 5.69. The predicted octanol–water partition coefficient (Wildman–Crippen LogP) is 3.33. The van der Waals surface area contributed by atoms with Crippen LogP contribution in [0.15, 0.2) is 18.2 Å². The molecule has 0 aliphatic carbocycles. The Balaban J connectivity index is 3.01. The van der Waals surface area contributed by atoms with Crippen LogP contribution in [0.4, 0.5) is 0 Å². The molecule has 15 heavy (non-hydrogen) atoms. The largest absolute Gasteiger partial charge is 0.393 e. The molecule has 1 rings (SSSR count). The average molecular weight is 221 g/mol. The lowest BCUT2D eigenvalue weighted by Gasteiger charge is -2.21. The molecule has 2 atom stereocenters. The third-order valence-corrected chi connectivity index (χ3v) is 3.49. The molecule has 2 heteroatoms. The molecule has 1 aromatic carbocycles. The van der Waals surface area contributed by atoms with Crippen LogP contribution >= 0.6 is 12.2 Å². The van der Waals surface area contributed by atoms with E-state index in [-0.39, 0.29) is 5.92 Å². The summed E-state index contributed by atoms with van der Waals surface area (Å²) in [5, 5.41) is 0. The number of aryl methyl sites for hydroxylation is 2. The minimum Gasteiger partial charge on any atom is -0.393 e. The van der Waals surface area contributed by atoms with Crippen LogP contribution in [0.25, 0.3) is 0 Å². The summed E-state index contributed by atoms with van der Waals surface area (Å²) in [6.45, 7) is 8.53. The maximum absolute atomic E-state index is 5.69. The molecule has 0 saturated carbocycles. The Hall–Kier alpha value is -0.890. The second-order valence-electron chi connectivity index (χ2n) is 4.34. The van der Waals surface area contributed by atoms with Crippen LogP contribution in [-0.4, -0.2) is 4.99 Å². The van der Waals surface area contributed by atoms with E-state index in [0.29, 0.717) is 10.9 Å². The van der Waals surface area contributed by atoms with Crippen LogP contribution in [0.5, 0.6) is 0 Å². The fourth-order valence-corrected chi connectivity index (χ4v) is 2.06. The first kappa shape index (κ1) is 12.2. The molecule has 0 heterocycles. The molecular formula is C13H19NS. The van der Waals surface area contributed by atoms with Gasteiger partial charge in [0.05, 0.1) is 4.99 Å². The van der Waals surface area contributed by atoms with E-state index in [1.165, 1.54) is 16.7 Å². The molecule has 0 fully saturated rings. The first-order valence-electron chi connectivity index (χ1n) is 5.30. The molecule has 1 nitrogen and oxygen atoms in total. The van der Waals surface area contributed by atoms with E-state index >= 15 is 0 Å². The first-order valence-corrected chi connectivity index (χ1v) is 5.70. The van der Waals surface area contributed by atoms with Gasteiger partial charge in [-0.05, 0) is 30.9 Å². The van der Waals surface area contributed by atoms with E-state index in [2.05, 4.69) is 45.9 Å². The number of hydrogen-bond acceptors (Lipinski definition) is 1. The zero-order chi connectivity index (χ0) is 11.6. The van der Waals surface area contributed by atoms with E-state index < -0.39 is 0 Å². The second-order valence-corrected chi connectivity index (χ2v) is 4.81. The molecule has 0 spiro atoms. The van der Waals surface area contributed by atoms with Gasteiger partial charge in [-0.15, -0.1) is 0 Å². The second kappa shape index (κ2) is 4.75. The average Bonchev–Trinajstić information content (AvgIpc) is 2.15. The van der Waals surface area contributed by atoms with E-state index in [0.717, 1.165) is 0 Å². The smallest absolute Gasteiger partial charge is 0.0761 e. The highest BCUT2D eigenvalue weighted by molar-refractivity contribution is 7.80. The topological polar surface area (TPSA) is 26.0 Å². The van der Waals surface area contributed by atoms with Gasteiger partial charge in [0.1, 0.15) is 0 Å². The number of hydrogen-bond donors (Lipinski definition) is 1. The third-order valence-electron chi connectivity index (χ3n) is 3.11. The summed E-state index contributed by atoms with van der Waals surface area (Å²) in [5.74, 6) is 0.643. The van der Waals surface area contributed by atoms with Gasteiger partial charge in [0.15, 0.2) is 0 Å². The molecule has 0 radical (unpaired) electrons. The Morgan fingerprint density at radius 3 is 2.33 bits per heavy atom. The number of rotatable bonds is 3. The fraction of sp³-hybridized carbons (Fsp3) is 0.462. The highest BCUT2D eigenvalue weighted by Gasteiger charge is 2.17. The molecule has 2 unspecified atom stereocenters. The van der Waals surface area contributed by atoms with Gasteiger partial charge in [0.2, 0.25) is 0 Å². The molecule has 2 N–H and O–H groups in total. The van der Waals surface area contributed by atoms with Crippen LogP contribution < -0.4 is 5.73 Å². The molecule has 0 aliphatic heterocycles. The summed E-state index contributed by atoms with van der Waals surface area (Å²) in [5.41, 5.74) is 9.66. The van der Waals surface area contributed by atoms with Gasteiger partial charge < -0.3 is 5.73 Å². The molecule has 0 bridgehead atoms. The minimum atomic E-state index is 0.251. The highest BCUT2D eigenvalue weighted by atomic mass is 32.1. The van der Waals surface area contributed by atoms with Crippen molar-refractivity contribution in [3.05, 3.63) is 34.9 Å². The van der Waals surface area contributed by atoms with Crippen molar-refractivity contribution in [3.63, 3.8) is 0 Å². The Kier molecular flexibility index (Phi) is 3.86. The highest BCUT2D eigenvalue weighted by Crippen LogP contribution is 2.27. The van der Waals surface area contributed by atoms with E-state index in [4.69, 9.17) is 18.0 Å². The Labute approximate surface area is 97.7 Å². The van der Waals surface area contributed by atoms with Crippen molar-refractivity contribution in [1.82, 2.24) is 0 Å². The molecule has 1 aromatic rings. The van der Waals surface area contributed by atoms with Crippen molar-refractivity contribution < 1.29 is 0 Å². The van der Waals surface area contributed by atoms with Gasteiger partial charge in [0.25, 0.3) is 0 Å². The van der Waals surface area contributed by atoms with Crippen LogP contribution in [-0.2, 0) is 0 Å². The summed E-state index contributed by atoms with van der Waals surface area (Å²) in [7, 11) is 0. The van der Waals surface area contributed by atoms with E-state index in [9.17, 15) is 0 Å². The van der Waals surface area contributed by atoms with Crippen molar-refractivity contribution in [1.29, 1.82) is 0 Å². The molecule has 0 aliphatic rings. The summed E-state index contributed by atoms with van der Waals surface area (Å²) in [6, 6.07) is 6.54. The van der Waals surface area contributed by atoms with Crippen molar-refractivity contribution >= 4 is 17.2 Å². The zero-order valence-electron chi connectivity index (χ0n) is 9.87. The molecule has 0 aromatic heterocycles. The third kappa shape index (κ3) is 2.78. The minimum absolute atomic E-state index is 0.251. The van der Waals surface area contributed by atoms with Gasteiger partial charge in [0, 0.05) is 5.92 Å². The van der Waals surface area contributed by atoms with E-state index in [1.807, 2.05) is 0 Å². The number of thiocarbonyl (C=S) groups is 1. The van der Waals surface area contributed by atoms with Crippen molar-refractivity contribution in [3.8, 4) is 0 Å². The SMILES string of the molecule is Cc1ccc(C(C)C(C)C(N)=S)c(C)c1. The number of benzene rings is 1. The molecule has 82 valence electrons. The van der Waals surface area contributed by atoms with Crippen molar-refractivity contribution in [2.45, 2.75) is 33.6 Å². The lowest BCUT2D eigenvalue weighted by atomic mass is 9.86. The summed E-state index contributed by atoms with van der Waals surface area (Å²) < 4.78 is 0. The monoisotopic (exact) mass is 221 g/mol. The van der Waals surface area contributed by atoms with Gasteiger partial charge in [-0.25, -0.2) is 0 Å². The predicted molar refractivity (Wildman–Crippen MR) is 70.3 cm³/mol. The normalized spacial score (nSPS) is 14.7. The maximum Gasteiger partial charge on any atom is 0.0761 e. The van der Waals surface area contributed by atoms with Crippen LogP contribution in [0.3, 0.4) is 0 Å².